The molecule has 4 heteroatoms. The molecule has 1 aromatic heterocycles. The van der Waals surface area contributed by atoms with E-state index in [2.05, 4.69) is 23.7 Å². The average Bonchev–Trinajstić information content (AvgIpc) is 2.79. The molecule has 1 atom stereocenters. The van der Waals surface area contributed by atoms with Crippen LogP contribution < -0.4 is 5.32 Å². The molecule has 1 aromatic carbocycles. The van der Waals surface area contributed by atoms with Crippen LogP contribution in [-0.2, 0) is 0 Å². The molecule has 0 aliphatic rings. The Morgan fingerprint density at radius 1 is 1.41 bits per heavy atom. The van der Waals surface area contributed by atoms with E-state index in [1.54, 1.807) is 24.3 Å². The van der Waals surface area contributed by atoms with Gasteiger partial charge in [0.15, 0.2) is 0 Å². The molecule has 0 saturated carbocycles. The number of aryl methyl sites for hydroxylation is 1. The monoisotopic (exact) mass is 269 g/mol. The standard InChI is InChI=1S/C13H13ClFNS/c1-8-5-13(11(14)6-12(8)15)16-9(2)10-3-4-17-7-10/h3-7,9,16H,1-2H3. The molecule has 0 saturated heterocycles. The van der Waals surface area contributed by atoms with Crippen molar-refractivity contribution in [2.45, 2.75) is 19.9 Å². The molecule has 0 amide bonds. The van der Waals surface area contributed by atoms with Crippen molar-refractivity contribution in [3.05, 3.63) is 50.9 Å². The van der Waals surface area contributed by atoms with E-state index in [1.807, 2.05) is 5.38 Å². The highest BCUT2D eigenvalue weighted by Gasteiger charge is 2.10. The van der Waals surface area contributed by atoms with Crippen LogP contribution in [0.5, 0.6) is 0 Å². The fraction of sp³-hybridized carbons (Fsp3) is 0.231. The van der Waals surface area contributed by atoms with Gasteiger partial charge in [-0.2, -0.15) is 11.3 Å². The zero-order chi connectivity index (χ0) is 12.4. The van der Waals surface area contributed by atoms with Crippen LogP contribution in [0, 0.1) is 12.7 Å². The summed E-state index contributed by atoms with van der Waals surface area (Å²) in [5.41, 5.74) is 2.56. The highest BCUT2D eigenvalue weighted by atomic mass is 35.5. The lowest BCUT2D eigenvalue weighted by Crippen LogP contribution is -2.06. The Morgan fingerprint density at radius 3 is 2.82 bits per heavy atom. The predicted octanol–water partition coefficient (Wildman–Crippen LogP) is 5.02. The zero-order valence-electron chi connectivity index (χ0n) is 9.63. The quantitative estimate of drug-likeness (QED) is 0.825. The molecular weight excluding hydrogens is 257 g/mol. The van der Waals surface area contributed by atoms with Gasteiger partial charge in [0.25, 0.3) is 0 Å². The minimum atomic E-state index is -0.274. The summed E-state index contributed by atoms with van der Waals surface area (Å²) in [6, 6.07) is 5.30. The maximum Gasteiger partial charge on any atom is 0.127 e. The molecule has 0 aliphatic heterocycles. The molecule has 0 spiro atoms. The van der Waals surface area contributed by atoms with E-state index in [0.29, 0.717) is 10.6 Å². The summed E-state index contributed by atoms with van der Waals surface area (Å²) in [7, 11) is 0. The fourth-order valence-electron chi connectivity index (χ4n) is 1.61. The molecule has 2 aromatic rings. The lowest BCUT2D eigenvalue weighted by atomic mass is 10.1. The van der Waals surface area contributed by atoms with Gasteiger partial charge in [0.1, 0.15) is 5.82 Å². The van der Waals surface area contributed by atoms with E-state index in [4.69, 9.17) is 11.6 Å². The van der Waals surface area contributed by atoms with E-state index in [-0.39, 0.29) is 11.9 Å². The highest BCUT2D eigenvalue weighted by Crippen LogP contribution is 2.29. The van der Waals surface area contributed by atoms with Crippen LogP contribution in [0.25, 0.3) is 0 Å². The first-order chi connectivity index (χ1) is 8.08. The SMILES string of the molecule is Cc1cc(NC(C)c2ccsc2)c(Cl)cc1F. The van der Waals surface area contributed by atoms with Crippen LogP contribution >= 0.6 is 22.9 Å². The van der Waals surface area contributed by atoms with Crippen LogP contribution in [0.1, 0.15) is 24.1 Å². The molecule has 2 rings (SSSR count). The van der Waals surface area contributed by atoms with Crippen molar-refractivity contribution < 1.29 is 4.39 Å². The van der Waals surface area contributed by atoms with Gasteiger partial charge in [0, 0.05) is 6.04 Å². The molecule has 0 aliphatic carbocycles. The predicted molar refractivity (Wildman–Crippen MR) is 72.5 cm³/mol. The first-order valence-electron chi connectivity index (χ1n) is 5.32. The number of benzene rings is 1. The van der Waals surface area contributed by atoms with Crippen molar-refractivity contribution in [2.24, 2.45) is 0 Å². The van der Waals surface area contributed by atoms with Crippen molar-refractivity contribution in [1.29, 1.82) is 0 Å². The summed E-state index contributed by atoms with van der Waals surface area (Å²) in [5.74, 6) is -0.274. The van der Waals surface area contributed by atoms with E-state index < -0.39 is 0 Å². The Hall–Kier alpha value is -1.06. The number of anilines is 1. The number of hydrogen-bond acceptors (Lipinski definition) is 2. The molecule has 17 heavy (non-hydrogen) atoms. The average molecular weight is 270 g/mol. The number of rotatable bonds is 3. The molecule has 1 N–H and O–H groups in total. The van der Waals surface area contributed by atoms with E-state index in [0.717, 1.165) is 5.69 Å². The molecule has 0 bridgehead atoms. The molecule has 90 valence electrons. The van der Waals surface area contributed by atoms with Crippen molar-refractivity contribution >= 4 is 28.6 Å². The molecule has 1 heterocycles. The number of nitrogens with one attached hydrogen (secondary N) is 1. The Morgan fingerprint density at radius 2 is 2.18 bits per heavy atom. The number of halogens is 2. The third kappa shape index (κ3) is 2.79. The van der Waals surface area contributed by atoms with Gasteiger partial charge in [0.05, 0.1) is 10.7 Å². The lowest BCUT2D eigenvalue weighted by Gasteiger charge is -2.16. The molecule has 1 unspecified atom stereocenters. The summed E-state index contributed by atoms with van der Waals surface area (Å²) in [4.78, 5) is 0. The number of thiophene rings is 1. The summed E-state index contributed by atoms with van der Waals surface area (Å²) in [5, 5.41) is 7.82. The van der Waals surface area contributed by atoms with E-state index in [1.165, 1.54) is 11.6 Å². The van der Waals surface area contributed by atoms with Gasteiger partial charge < -0.3 is 5.32 Å². The van der Waals surface area contributed by atoms with Crippen molar-refractivity contribution in [3.63, 3.8) is 0 Å². The van der Waals surface area contributed by atoms with Crippen LogP contribution in [0.3, 0.4) is 0 Å². The van der Waals surface area contributed by atoms with Crippen molar-refractivity contribution in [1.82, 2.24) is 0 Å². The number of hydrogen-bond donors (Lipinski definition) is 1. The van der Waals surface area contributed by atoms with Crippen molar-refractivity contribution in [3.8, 4) is 0 Å². The minimum Gasteiger partial charge on any atom is -0.377 e. The fourth-order valence-corrected chi connectivity index (χ4v) is 2.56. The van der Waals surface area contributed by atoms with Gasteiger partial charge in [-0.3, -0.25) is 0 Å². The Kier molecular flexibility index (Phi) is 3.69. The largest absolute Gasteiger partial charge is 0.377 e. The van der Waals surface area contributed by atoms with Crippen LogP contribution in [0.15, 0.2) is 29.0 Å². The second-order valence-electron chi connectivity index (χ2n) is 4.00. The van der Waals surface area contributed by atoms with Crippen LogP contribution in [-0.4, -0.2) is 0 Å². The summed E-state index contributed by atoms with van der Waals surface area (Å²) in [6.45, 7) is 3.78. The Bertz CT molecular complexity index is 510. The van der Waals surface area contributed by atoms with Gasteiger partial charge in [0.2, 0.25) is 0 Å². The topological polar surface area (TPSA) is 12.0 Å². The van der Waals surface area contributed by atoms with Crippen molar-refractivity contribution in [2.75, 3.05) is 5.32 Å². The molecule has 0 radical (unpaired) electrons. The Balaban J connectivity index is 2.22. The van der Waals surface area contributed by atoms with Gasteiger partial charge in [-0.25, -0.2) is 4.39 Å². The third-order valence-corrected chi connectivity index (χ3v) is 3.68. The van der Waals surface area contributed by atoms with E-state index in [9.17, 15) is 4.39 Å². The molecule has 0 fully saturated rings. The van der Waals surface area contributed by atoms with Crippen LogP contribution in [0.2, 0.25) is 5.02 Å². The Labute approximate surface area is 109 Å². The van der Waals surface area contributed by atoms with Gasteiger partial charge >= 0.3 is 0 Å². The van der Waals surface area contributed by atoms with Crippen LogP contribution in [0.4, 0.5) is 10.1 Å². The molecular formula is C13H13ClFNS. The first-order valence-corrected chi connectivity index (χ1v) is 6.64. The summed E-state index contributed by atoms with van der Waals surface area (Å²) >= 11 is 7.66. The molecule has 1 nitrogen and oxygen atoms in total. The summed E-state index contributed by atoms with van der Waals surface area (Å²) < 4.78 is 13.3. The second kappa shape index (κ2) is 5.07. The smallest absolute Gasteiger partial charge is 0.127 e. The van der Waals surface area contributed by atoms with Gasteiger partial charge in [-0.15, -0.1) is 0 Å². The van der Waals surface area contributed by atoms with Gasteiger partial charge in [-0.1, -0.05) is 11.6 Å². The zero-order valence-corrected chi connectivity index (χ0v) is 11.2. The maximum absolute atomic E-state index is 13.3. The van der Waals surface area contributed by atoms with E-state index >= 15 is 0 Å². The first kappa shape index (κ1) is 12.4. The third-order valence-electron chi connectivity index (χ3n) is 2.66. The second-order valence-corrected chi connectivity index (χ2v) is 5.19. The summed E-state index contributed by atoms with van der Waals surface area (Å²) in [6.07, 6.45) is 0. The maximum atomic E-state index is 13.3. The minimum absolute atomic E-state index is 0.156. The van der Waals surface area contributed by atoms with Gasteiger partial charge in [-0.05, 0) is 53.9 Å². The normalized spacial score (nSPS) is 12.5. The highest BCUT2D eigenvalue weighted by molar-refractivity contribution is 7.07. The lowest BCUT2D eigenvalue weighted by molar-refractivity contribution is 0.618.